The van der Waals surface area contributed by atoms with Gasteiger partial charge in [0.05, 0.1) is 5.75 Å². The van der Waals surface area contributed by atoms with Crippen LogP contribution in [-0.4, -0.2) is 26.2 Å². The van der Waals surface area contributed by atoms with Crippen molar-refractivity contribution in [1.29, 1.82) is 0 Å². The van der Waals surface area contributed by atoms with Crippen molar-refractivity contribution < 1.29 is 14.4 Å². The van der Waals surface area contributed by atoms with Crippen molar-refractivity contribution in [3.05, 3.63) is 35.7 Å². The minimum Gasteiger partial charge on any atom is -0.477 e. The van der Waals surface area contributed by atoms with Gasteiger partial charge in [-0.05, 0) is 18.6 Å². The third-order valence-electron chi connectivity index (χ3n) is 2.29. The van der Waals surface area contributed by atoms with Gasteiger partial charge in [-0.2, -0.15) is 4.98 Å². The van der Waals surface area contributed by atoms with Gasteiger partial charge in [0.1, 0.15) is 5.69 Å². The zero-order valence-corrected chi connectivity index (χ0v) is 11.2. The van der Waals surface area contributed by atoms with Crippen molar-refractivity contribution >= 4 is 17.7 Å². The van der Waals surface area contributed by atoms with Crippen LogP contribution in [0, 0.1) is 0 Å². The van der Waals surface area contributed by atoms with Crippen molar-refractivity contribution in [2.75, 3.05) is 0 Å². The second-order valence-corrected chi connectivity index (χ2v) is 4.87. The van der Waals surface area contributed by atoms with Gasteiger partial charge < -0.3 is 9.63 Å². The number of carbonyl (C=O) groups is 1. The second-order valence-electron chi connectivity index (χ2n) is 3.82. The SMILES string of the molecule is CCCc1nc(CSc2ccnc(C(=O)O)c2)no1. The molecule has 0 atom stereocenters. The van der Waals surface area contributed by atoms with Crippen LogP contribution in [-0.2, 0) is 12.2 Å². The smallest absolute Gasteiger partial charge is 0.354 e. The molecule has 2 aromatic rings. The molecule has 0 spiro atoms. The Labute approximate surface area is 114 Å². The van der Waals surface area contributed by atoms with E-state index in [2.05, 4.69) is 15.1 Å². The molecule has 0 fully saturated rings. The summed E-state index contributed by atoms with van der Waals surface area (Å²) in [7, 11) is 0. The lowest BCUT2D eigenvalue weighted by atomic mass is 10.3. The van der Waals surface area contributed by atoms with Gasteiger partial charge in [-0.15, -0.1) is 11.8 Å². The fourth-order valence-electron chi connectivity index (χ4n) is 1.43. The number of hydrogen-bond donors (Lipinski definition) is 1. The fourth-order valence-corrected chi connectivity index (χ4v) is 2.20. The van der Waals surface area contributed by atoms with E-state index in [0.29, 0.717) is 17.5 Å². The molecule has 0 aliphatic rings. The maximum atomic E-state index is 10.8. The van der Waals surface area contributed by atoms with Gasteiger partial charge in [-0.3, -0.25) is 0 Å². The Bertz CT molecular complexity index is 571. The Morgan fingerprint density at radius 2 is 2.37 bits per heavy atom. The number of carboxylic acid groups (broad SMARTS) is 1. The Morgan fingerprint density at radius 1 is 1.53 bits per heavy atom. The number of rotatable bonds is 6. The Morgan fingerprint density at radius 3 is 3.11 bits per heavy atom. The summed E-state index contributed by atoms with van der Waals surface area (Å²) in [5.41, 5.74) is 0.0322. The number of nitrogens with zero attached hydrogens (tertiary/aromatic N) is 3. The summed E-state index contributed by atoms with van der Waals surface area (Å²) in [6.45, 7) is 2.04. The summed E-state index contributed by atoms with van der Waals surface area (Å²) in [4.78, 5) is 19.6. The summed E-state index contributed by atoms with van der Waals surface area (Å²) >= 11 is 1.45. The van der Waals surface area contributed by atoms with Crippen molar-refractivity contribution in [1.82, 2.24) is 15.1 Å². The normalized spacial score (nSPS) is 10.6. The number of pyridine rings is 1. The predicted octanol–water partition coefficient (Wildman–Crippen LogP) is 2.41. The Hall–Kier alpha value is -1.89. The molecule has 2 rings (SSSR count). The van der Waals surface area contributed by atoms with Gasteiger partial charge in [-0.25, -0.2) is 9.78 Å². The molecule has 0 amide bonds. The van der Waals surface area contributed by atoms with Crippen molar-refractivity contribution in [3.8, 4) is 0 Å². The number of aryl methyl sites for hydroxylation is 1. The zero-order chi connectivity index (χ0) is 13.7. The van der Waals surface area contributed by atoms with Crippen LogP contribution >= 0.6 is 11.8 Å². The molecule has 0 radical (unpaired) electrons. The predicted molar refractivity (Wildman–Crippen MR) is 69.1 cm³/mol. The molecule has 0 saturated carbocycles. The highest BCUT2D eigenvalue weighted by Crippen LogP contribution is 2.21. The van der Waals surface area contributed by atoms with Crippen molar-refractivity contribution in [3.63, 3.8) is 0 Å². The molecule has 19 heavy (non-hydrogen) atoms. The molecule has 0 saturated heterocycles. The molecule has 1 N–H and O–H groups in total. The summed E-state index contributed by atoms with van der Waals surface area (Å²) in [6, 6.07) is 3.28. The molecule has 0 aliphatic carbocycles. The quantitative estimate of drug-likeness (QED) is 0.812. The third-order valence-corrected chi connectivity index (χ3v) is 3.28. The molecule has 0 unspecified atom stereocenters. The van der Waals surface area contributed by atoms with E-state index in [1.807, 2.05) is 6.92 Å². The Balaban J connectivity index is 1.97. The monoisotopic (exact) mass is 279 g/mol. The fraction of sp³-hybridized carbons (Fsp3) is 0.333. The minimum absolute atomic E-state index is 0.0322. The van der Waals surface area contributed by atoms with Crippen LogP contribution in [0.15, 0.2) is 27.7 Å². The van der Waals surface area contributed by atoms with Gasteiger partial charge in [0, 0.05) is 17.5 Å². The van der Waals surface area contributed by atoms with E-state index in [9.17, 15) is 4.79 Å². The minimum atomic E-state index is -1.03. The van der Waals surface area contributed by atoms with Gasteiger partial charge >= 0.3 is 5.97 Å². The van der Waals surface area contributed by atoms with Crippen LogP contribution in [0.5, 0.6) is 0 Å². The van der Waals surface area contributed by atoms with E-state index in [1.54, 1.807) is 6.07 Å². The number of hydrogen-bond acceptors (Lipinski definition) is 6. The second kappa shape index (κ2) is 6.33. The van der Waals surface area contributed by atoms with Gasteiger partial charge in [0.25, 0.3) is 0 Å². The molecule has 0 bridgehead atoms. The lowest BCUT2D eigenvalue weighted by molar-refractivity contribution is 0.0690. The average molecular weight is 279 g/mol. The maximum Gasteiger partial charge on any atom is 0.354 e. The summed E-state index contributed by atoms with van der Waals surface area (Å²) < 4.78 is 5.07. The highest BCUT2D eigenvalue weighted by atomic mass is 32.2. The first kappa shape index (κ1) is 13.5. The van der Waals surface area contributed by atoms with E-state index < -0.39 is 5.97 Å². The van der Waals surface area contributed by atoms with Gasteiger partial charge in [0.2, 0.25) is 5.89 Å². The molecule has 100 valence electrons. The van der Waals surface area contributed by atoms with E-state index in [4.69, 9.17) is 9.63 Å². The Kier molecular flexibility index (Phi) is 4.51. The van der Waals surface area contributed by atoms with Crippen LogP contribution in [0.3, 0.4) is 0 Å². The van der Waals surface area contributed by atoms with Crippen molar-refractivity contribution in [2.45, 2.75) is 30.4 Å². The number of aromatic carboxylic acids is 1. The standard InChI is InChI=1S/C12H13N3O3S/c1-2-3-11-14-10(15-18-11)7-19-8-4-5-13-9(6-8)12(16)17/h4-6H,2-3,7H2,1H3,(H,16,17). The highest BCUT2D eigenvalue weighted by Gasteiger charge is 2.08. The van der Waals surface area contributed by atoms with Crippen LogP contribution < -0.4 is 0 Å². The van der Waals surface area contributed by atoms with Crippen LogP contribution in [0.1, 0.15) is 35.5 Å². The molecule has 2 heterocycles. The maximum absolute atomic E-state index is 10.8. The lowest BCUT2D eigenvalue weighted by Gasteiger charge is -1.99. The van der Waals surface area contributed by atoms with Gasteiger partial charge in [0.15, 0.2) is 5.82 Å². The molecular weight excluding hydrogens is 266 g/mol. The van der Waals surface area contributed by atoms with Crippen LogP contribution in [0.25, 0.3) is 0 Å². The summed E-state index contributed by atoms with van der Waals surface area (Å²) in [5, 5.41) is 12.7. The molecule has 0 aromatic carbocycles. The average Bonchev–Trinajstić information content (AvgIpc) is 2.85. The molecule has 7 heteroatoms. The third kappa shape index (κ3) is 3.78. The van der Waals surface area contributed by atoms with E-state index >= 15 is 0 Å². The number of thioether (sulfide) groups is 1. The number of carboxylic acids is 1. The van der Waals surface area contributed by atoms with E-state index in [0.717, 1.165) is 17.7 Å². The highest BCUT2D eigenvalue weighted by molar-refractivity contribution is 7.98. The molecular formula is C12H13N3O3S. The number of aromatic nitrogens is 3. The first-order valence-corrected chi connectivity index (χ1v) is 6.81. The van der Waals surface area contributed by atoms with Crippen LogP contribution in [0.2, 0.25) is 0 Å². The molecule has 2 aromatic heterocycles. The van der Waals surface area contributed by atoms with E-state index in [1.165, 1.54) is 24.0 Å². The topological polar surface area (TPSA) is 89.1 Å². The summed E-state index contributed by atoms with van der Waals surface area (Å²) in [6.07, 6.45) is 3.21. The van der Waals surface area contributed by atoms with Crippen LogP contribution in [0.4, 0.5) is 0 Å². The lowest BCUT2D eigenvalue weighted by Crippen LogP contribution is -1.99. The van der Waals surface area contributed by atoms with Gasteiger partial charge in [-0.1, -0.05) is 12.1 Å². The zero-order valence-electron chi connectivity index (χ0n) is 10.4. The molecule has 0 aliphatic heterocycles. The largest absolute Gasteiger partial charge is 0.477 e. The first-order chi connectivity index (χ1) is 9.19. The summed E-state index contributed by atoms with van der Waals surface area (Å²) in [5.74, 6) is 0.754. The molecule has 6 nitrogen and oxygen atoms in total. The van der Waals surface area contributed by atoms with E-state index in [-0.39, 0.29) is 5.69 Å². The first-order valence-electron chi connectivity index (χ1n) is 5.82. The van der Waals surface area contributed by atoms with Crippen molar-refractivity contribution in [2.24, 2.45) is 0 Å².